The second kappa shape index (κ2) is 8.34. The van der Waals surface area contributed by atoms with Crippen molar-refractivity contribution >= 4 is 28.4 Å². The summed E-state index contributed by atoms with van der Waals surface area (Å²) in [5.41, 5.74) is 2.50. The van der Waals surface area contributed by atoms with E-state index in [1.54, 1.807) is 19.3 Å². The smallest absolute Gasteiger partial charge is 0.360 e. The third kappa shape index (κ3) is 4.46. The number of carbonyl (C=O) groups excluding carboxylic acids is 2. The number of para-hydroxylation sites is 1. The average Bonchev–Trinajstić information content (AvgIpc) is 3.12. The number of esters is 1. The van der Waals surface area contributed by atoms with Crippen molar-refractivity contribution in [3.63, 3.8) is 0 Å². The van der Waals surface area contributed by atoms with Crippen LogP contribution in [0.5, 0.6) is 0 Å². The Morgan fingerprint density at radius 3 is 2.69 bits per heavy atom. The van der Waals surface area contributed by atoms with Crippen LogP contribution in [0.2, 0.25) is 0 Å². The number of carbonyl (C=O) groups is 2. The number of benzene rings is 1. The fraction of sp³-hybridized carbons (Fsp3) is 0.150. The summed E-state index contributed by atoms with van der Waals surface area (Å²) in [4.78, 5) is 40.3. The molecule has 0 radical (unpaired) electrons. The molecular weight excluding hydrogens is 376 g/mol. The third-order valence-electron chi connectivity index (χ3n) is 3.92. The first-order valence-corrected chi connectivity index (χ1v) is 8.76. The van der Waals surface area contributed by atoms with Crippen molar-refractivity contribution in [3.8, 4) is 11.3 Å². The number of aromatic amines is 2. The van der Waals surface area contributed by atoms with E-state index in [1.165, 1.54) is 10.6 Å². The van der Waals surface area contributed by atoms with E-state index in [2.05, 4.69) is 15.1 Å². The van der Waals surface area contributed by atoms with Crippen molar-refractivity contribution in [1.29, 1.82) is 0 Å². The molecule has 4 rings (SSSR count). The maximum atomic E-state index is 12.4. The molecule has 0 amide bonds. The van der Waals surface area contributed by atoms with Crippen molar-refractivity contribution in [3.05, 3.63) is 64.8 Å². The first kappa shape index (κ1) is 19.7. The molecule has 0 aliphatic rings. The first-order valence-electron chi connectivity index (χ1n) is 8.76. The van der Waals surface area contributed by atoms with E-state index in [1.807, 2.05) is 30.3 Å². The van der Waals surface area contributed by atoms with Gasteiger partial charge in [0.25, 0.3) is 0 Å². The van der Waals surface area contributed by atoms with Gasteiger partial charge in [0.05, 0.1) is 18.2 Å². The van der Waals surface area contributed by atoms with E-state index in [9.17, 15) is 9.59 Å². The van der Waals surface area contributed by atoms with Crippen LogP contribution in [-0.4, -0.2) is 33.6 Å². The fourth-order valence-electron chi connectivity index (χ4n) is 2.73. The quantitative estimate of drug-likeness (QED) is 0.386. The number of hydrogen-bond acceptors (Lipinski definition) is 6. The lowest BCUT2D eigenvalue weighted by atomic mass is 10.1. The normalized spacial score (nSPS) is 10.4. The summed E-state index contributed by atoms with van der Waals surface area (Å²) in [7, 11) is 0. The van der Waals surface area contributed by atoms with Gasteiger partial charge in [0.15, 0.2) is 5.69 Å². The number of pyridine rings is 1. The van der Waals surface area contributed by atoms with Crippen molar-refractivity contribution in [1.82, 2.24) is 15.1 Å². The van der Waals surface area contributed by atoms with E-state index in [4.69, 9.17) is 14.6 Å². The highest BCUT2D eigenvalue weighted by atomic mass is 16.5. The van der Waals surface area contributed by atoms with Gasteiger partial charge in [-0.05, 0) is 26.0 Å². The van der Waals surface area contributed by atoms with Gasteiger partial charge >= 0.3 is 17.0 Å². The molecule has 0 aliphatic carbocycles. The zero-order valence-corrected chi connectivity index (χ0v) is 15.8. The number of ether oxygens (including phenoxy) is 1. The van der Waals surface area contributed by atoms with Crippen LogP contribution in [0.25, 0.3) is 27.7 Å². The Balaban J connectivity index is 0.000000552. The van der Waals surface area contributed by atoms with Gasteiger partial charge < -0.3 is 19.6 Å². The first-order chi connectivity index (χ1) is 13.9. The Kier molecular flexibility index (Phi) is 5.68. The minimum atomic E-state index is -1.08. The Hall–Kier alpha value is -4.01. The van der Waals surface area contributed by atoms with Gasteiger partial charge in [-0.3, -0.25) is 9.78 Å². The second-order valence-electron chi connectivity index (χ2n) is 6.05. The molecule has 1 aromatic carbocycles. The molecule has 2 N–H and O–H groups in total. The van der Waals surface area contributed by atoms with Crippen LogP contribution in [0.4, 0.5) is 0 Å². The maximum absolute atomic E-state index is 12.4. The number of aliphatic carboxylic acids is 1. The van der Waals surface area contributed by atoms with Crippen molar-refractivity contribution in [2.75, 3.05) is 6.61 Å². The maximum Gasteiger partial charge on any atom is 0.360 e. The topological polar surface area (TPSA) is 132 Å². The number of carboxylic acid groups (broad SMARTS) is 1. The predicted octanol–water partition coefficient (Wildman–Crippen LogP) is 0.590. The lowest BCUT2D eigenvalue weighted by molar-refractivity contribution is -0.577. The highest BCUT2D eigenvalue weighted by Crippen LogP contribution is 2.19. The molecule has 4 aromatic rings. The van der Waals surface area contributed by atoms with E-state index in [-0.39, 0.29) is 17.9 Å². The molecule has 0 spiro atoms. The summed E-state index contributed by atoms with van der Waals surface area (Å²) in [5.74, 6) is -1.58. The van der Waals surface area contributed by atoms with Gasteiger partial charge in [0, 0.05) is 23.1 Å². The number of aromatic nitrogens is 4. The highest BCUT2D eigenvalue weighted by molar-refractivity contribution is 5.88. The Labute approximate surface area is 164 Å². The van der Waals surface area contributed by atoms with Gasteiger partial charge in [-0.25, -0.2) is 4.79 Å². The molecule has 9 heteroatoms. The summed E-state index contributed by atoms with van der Waals surface area (Å²) in [6, 6.07) is 11.2. The van der Waals surface area contributed by atoms with Crippen LogP contribution >= 0.6 is 0 Å². The number of fused-ring (bicyclic) bond motifs is 2. The van der Waals surface area contributed by atoms with Crippen LogP contribution < -0.4 is 15.2 Å². The number of H-pyrrole nitrogens is 2. The minimum absolute atomic E-state index is 0.223. The number of nitrogens with one attached hydrogen (secondary N) is 2. The summed E-state index contributed by atoms with van der Waals surface area (Å²) in [6.45, 7) is 2.97. The molecule has 3 aromatic heterocycles. The van der Waals surface area contributed by atoms with Gasteiger partial charge in [-0.1, -0.05) is 22.7 Å². The van der Waals surface area contributed by atoms with Crippen LogP contribution in [0.1, 0.15) is 24.3 Å². The van der Waals surface area contributed by atoms with Gasteiger partial charge in [-0.2, -0.15) is 5.10 Å². The number of rotatable bonds is 3. The lowest BCUT2D eigenvalue weighted by Crippen LogP contribution is -2.30. The zero-order valence-electron chi connectivity index (χ0n) is 15.8. The van der Waals surface area contributed by atoms with Crippen molar-refractivity contribution in [2.45, 2.75) is 13.8 Å². The zero-order chi connectivity index (χ0) is 21.0. The van der Waals surface area contributed by atoms with Crippen molar-refractivity contribution < 1.29 is 23.9 Å². The molecule has 0 fully saturated rings. The molecule has 3 heterocycles. The fourth-order valence-corrected chi connectivity index (χ4v) is 2.73. The Bertz CT molecular complexity index is 1250. The molecule has 0 aliphatic heterocycles. The molecule has 29 heavy (non-hydrogen) atoms. The minimum Gasteiger partial charge on any atom is -0.550 e. The van der Waals surface area contributed by atoms with Crippen LogP contribution in [-0.2, 0) is 9.53 Å². The van der Waals surface area contributed by atoms with Crippen molar-refractivity contribution in [2.24, 2.45) is 0 Å². The van der Waals surface area contributed by atoms with E-state index < -0.39 is 11.9 Å². The number of hydrogen-bond donors (Lipinski definition) is 2. The standard InChI is InChI=1S/C18H14N4O3.C2H4O2/c1-2-25-18(24)14-8-16-17(23)20-15(10-22(16)21-14)12-7-11-5-3-4-6-13(11)19-9-12;1-2(3)4/h3-10H,2H2,1H3,(H,20,23);1H3,(H,3,4). The van der Waals surface area contributed by atoms with Gasteiger partial charge in [0.1, 0.15) is 5.69 Å². The number of carboxylic acids is 1. The molecule has 0 atom stereocenters. The highest BCUT2D eigenvalue weighted by Gasteiger charge is 2.20. The summed E-state index contributed by atoms with van der Waals surface area (Å²) >= 11 is 0. The molecular formula is C20H18N4O5. The van der Waals surface area contributed by atoms with Gasteiger partial charge in [0.2, 0.25) is 6.20 Å². The lowest BCUT2D eigenvalue weighted by Gasteiger charge is -2.01. The molecule has 0 saturated carbocycles. The van der Waals surface area contributed by atoms with E-state index in [0.29, 0.717) is 11.2 Å². The predicted molar refractivity (Wildman–Crippen MR) is 102 cm³/mol. The molecule has 0 saturated heterocycles. The molecule has 9 nitrogen and oxygen atoms in total. The Morgan fingerprint density at radius 2 is 1.97 bits per heavy atom. The average molecular weight is 394 g/mol. The molecule has 148 valence electrons. The summed E-state index contributed by atoms with van der Waals surface area (Å²) < 4.78 is 6.46. The summed E-state index contributed by atoms with van der Waals surface area (Å²) in [5, 5.41) is 12.7. The Morgan fingerprint density at radius 1 is 1.24 bits per heavy atom. The van der Waals surface area contributed by atoms with E-state index in [0.717, 1.165) is 23.4 Å². The monoisotopic (exact) mass is 394 g/mol. The molecule has 0 bridgehead atoms. The SMILES string of the molecule is CC(=O)[O-].CCOC(=O)c1cc2c(=O)[nH]c(-c3cnc4ccccc4c3)c[n+]2[nH]1. The van der Waals surface area contributed by atoms with Gasteiger partial charge in [-0.15, -0.1) is 0 Å². The van der Waals surface area contributed by atoms with E-state index >= 15 is 0 Å². The van der Waals surface area contributed by atoms with Crippen LogP contribution in [0.15, 0.2) is 53.6 Å². The second-order valence-corrected chi connectivity index (χ2v) is 6.05. The molecule has 0 unspecified atom stereocenters. The largest absolute Gasteiger partial charge is 0.550 e. The number of nitrogens with zero attached hydrogens (tertiary/aromatic N) is 2. The van der Waals surface area contributed by atoms with Crippen LogP contribution in [0, 0.1) is 0 Å². The summed E-state index contributed by atoms with van der Waals surface area (Å²) in [6.07, 6.45) is 3.42. The third-order valence-corrected chi connectivity index (χ3v) is 3.92. The van der Waals surface area contributed by atoms with Crippen LogP contribution in [0.3, 0.4) is 0 Å².